The Labute approximate surface area is 171 Å². The Morgan fingerprint density at radius 3 is 2.47 bits per heavy atom. The second kappa shape index (κ2) is 9.53. The van der Waals surface area contributed by atoms with Crippen molar-refractivity contribution in [2.45, 2.75) is 18.1 Å². The number of anilines is 1. The van der Waals surface area contributed by atoms with Crippen molar-refractivity contribution in [1.29, 1.82) is 5.26 Å². The van der Waals surface area contributed by atoms with Gasteiger partial charge in [-0.2, -0.15) is 18.4 Å². The lowest BCUT2D eigenvalue weighted by molar-refractivity contribution is -0.138. The molecule has 158 valence electrons. The quantitative estimate of drug-likeness (QED) is 0.526. The molecule has 1 aromatic carbocycles. The Balaban J connectivity index is 1.95. The number of nitriles is 1. The van der Waals surface area contributed by atoms with Crippen molar-refractivity contribution in [3.8, 4) is 6.07 Å². The van der Waals surface area contributed by atoms with Crippen LogP contribution in [-0.2, 0) is 15.8 Å². The summed E-state index contributed by atoms with van der Waals surface area (Å²) in [7, 11) is 0. The number of rotatable bonds is 6. The van der Waals surface area contributed by atoms with E-state index in [1.54, 1.807) is 0 Å². The molecule has 2 N–H and O–H groups in total. The second-order valence-corrected chi connectivity index (χ2v) is 6.81. The van der Waals surface area contributed by atoms with Gasteiger partial charge in [0.15, 0.2) is 11.6 Å². The van der Waals surface area contributed by atoms with Gasteiger partial charge in [-0.05, 0) is 25.1 Å². The van der Waals surface area contributed by atoms with E-state index in [4.69, 9.17) is 5.26 Å². The van der Waals surface area contributed by atoms with Crippen molar-refractivity contribution >= 4 is 29.3 Å². The predicted molar refractivity (Wildman–Crippen MR) is 97.4 cm³/mol. The maximum Gasteiger partial charge on any atom is 0.417 e. The minimum absolute atomic E-state index is 0.0233. The summed E-state index contributed by atoms with van der Waals surface area (Å²) < 4.78 is 65.2. The number of alkyl halides is 3. The van der Waals surface area contributed by atoms with Crippen LogP contribution in [0.1, 0.15) is 16.8 Å². The molecule has 1 heterocycles. The molecule has 0 aliphatic rings. The van der Waals surface area contributed by atoms with Crippen LogP contribution in [-0.4, -0.2) is 29.1 Å². The molecular formula is C18H13F5N4O2S. The number of pyridine rings is 1. The first kappa shape index (κ1) is 23.1. The van der Waals surface area contributed by atoms with E-state index in [1.807, 2.05) is 0 Å². The van der Waals surface area contributed by atoms with Gasteiger partial charge in [0.05, 0.1) is 23.4 Å². The lowest BCUT2D eigenvalue weighted by Gasteiger charge is -2.12. The fraction of sp³-hybridized carbons (Fsp3) is 0.222. The third kappa shape index (κ3) is 6.15. The van der Waals surface area contributed by atoms with Crippen LogP contribution in [0.5, 0.6) is 0 Å². The van der Waals surface area contributed by atoms with Gasteiger partial charge in [0, 0.05) is 17.4 Å². The van der Waals surface area contributed by atoms with Crippen LogP contribution in [0.3, 0.4) is 0 Å². The van der Waals surface area contributed by atoms with Crippen molar-refractivity contribution < 1.29 is 31.5 Å². The molecule has 2 rings (SSSR count). The number of carbonyl (C=O) groups excluding carboxylic acids is 2. The molecule has 0 saturated heterocycles. The van der Waals surface area contributed by atoms with E-state index in [1.165, 1.54) is 13.0 Å². The minimum Gasteiger partial charge on any atom is -0.346 e. The number of halogens is 5. The van der Waals surface area contributed by atoms with Crippen LogP contribution in [0.15, 0.2) is 29.3 Å². The molecule has 2 aromatic rings. The summed E-state index contributed by atoms with van der Waals surface area (Å²) in [5, 5.41) is 13.3. The Hall–Kier alpha value is -3.20. The smallest absolute Gasteiger partial charge is 0.346 e. The largest absolute Gasteiger partial charge is 0.417 e. The van der Waals surface area contributed by atoms with E-state index in [0.717, 1.165) is 24.3 Å². The van der Waals surface area contributed by atoms with Crippen molar-refractivity contribution in [1.82, 2.24) is 10.3 Å². The second-order valence-electron chi connectivity index (χ2n) is 5.84. The van der Waals surface area contributed by atoms with Gasteiger partial charge >= 0.3 is 6.18 Å². The van der Waals surface area contributed by atoms with Gasteiger partial charge in [0.1, 0.15) is 11.1 Å². The lowest BCUT2D eigenvalue weighted by atomic mass is 10.1. The number of aromatic nitrogens is 1. The van der Waals surface area contributed by atoms with Crippen molar-refractivity contribution in [2.75, 3.05) is 17.6 Å². The van der Waals surface area contributed by atoms with E-state index < -0.39 is 53.0 Å². The van der Waals surface area contributed by atoms with Crippen LogP contribution in [0, 0.1) is 29.9 Å². The number of thioether (sulfide) groups is 1. The maximum atomic E-state index is 13.1. The van der Waals surface area contributed by atoms with Gasteiger partial charge in [0.2, 0.25) is 11.8 Å². The monoisotopic (exact) mass is 444 g/mol. The molecule has 0 atom stereocenters. The number of hydrogen-bond donors (Lipinski definition) is 2. The summed E-state index contributed by atoms with van der Waals surface area (Å²) in [4.78, 5) is 27.5. The standard InChI is InChI=1S/C18H13F5N4O2S/c1-9-4-12(18(21,22)23)11(6-24)17(26-9)30-8-16(29)25-7-15(28)27-10-2-3-13(19)14(20)5-10/h2-5H,7-8H2,1H3,(H,25,29)(H,27,28). The highest BCUT2D eigenvalue weighted by Gasteiger charge is 2.35. The number of hydrogen-bond acceptors (Lipinski definition) is 5. The van der Waals surface area contributed by atoms with E-state index in [9.17, 15) is 31.5 Å². The minimum atomic E-state index is -4.76. The highest BCUT2D eigenvalue weighted by molar-refractivity contribution is 8.00. The van der Waals surface area contributed by atoms with Crippen LogP contribution in [0.4, 0.5) is 27.6 Å². The zero-order chi connectivity index (χ0) is 22.5. The summed E-state index contributed by atoms with van der Waals surface area (Å²) in [5.74, 6) is -4.09. The first-order valence-electron chi connectivity index (χ1n) is 8.14. The number of carbonyl (C=O) groups is 2. The Bertz CT molecular complexity index is 1020. The molecule has 30 heavy (non-hydrogen) atoms. The molecule has 1 aromatic heterocycles. The van der Waals surface area contributed by atoms with Gasteiger partial charge in [-0.3, -0.25) is 9.59 Å². The number of nitrogens with zero attached hydrogens (tertiary/aromatic N) is 2. The number of benzene rings is 1. The molecule has 0 fully saturated rings. The van der Waals surface area contributed by atoms with Gasteiger partial charge in [0.25, 0.3) is 0 Å². The SMILES string of the molecule is Cc1cc(C(F)(F)F)c(C#N)c(SCC(=O)NCC(=O)Nc2ccc(F)c(F)c2)n1. The summed E-state index contributed by atoms with van der Waals surface area (Å²) in [6.07, 6.45) is -4.76. The average Bonchev–Trinajstić information content (AvgIpc) is 2.66. The lowest BCUT2D eigenvalue weighted by Crippen LogP contribution is -2.34. The Morgan fingerprint density at radius 2 is 1.87 bits per heavy atom. The molecular weight excluding hydrogens is 431 g/mol. The van der Waals surface area contributed by atoms with Crippen LogP contribution >= 0.6 is 11.8 Å². The normalized spacial score (nSPS) is 11.0. The zero-order valence-corrected chi connectivity index (χ0v) is 16.0. The average molecular weight is 444 g/mol. The molecule has 0 spiro atoms. The highest BCUT2D eigenvalue weighted by atomic mass is 32.2. The van der Waals surface area contributed by atoms with Crippen LogP contribution < -0.4 is 10.6 Å². The third-order valence-corrected chi connectivity index (χ3v) is 4.50. The summed E-state index contributed by atoms with van der Waals surface area (Å²) in [6, 6.07) is 4.89. The van der Waals surface area contributed by atoms with Gasteiger partial charge < -0.3 is 10.6 Å². The molecule has 2 amide bonds. The number of nitrogens with one attached hydrogen (secondary N) is 2. The van der Waals surface area contributed by atoms with Gasteiger partial charge in [-0.25, -0.2) is 13.8 Å². The van der Waals surface area contributed by atoms with E-state index in [2.05, 4.69) is 15.6 Å². The van der Waals surface area contributed by atoms with E-state index in [0.29, 0.717) is 11.8 Å². The molecule has 0 saturated carbocycles. The fourth-order valence-electron chi connectivity index (χ4n) is 2.22. The molecule has 0 aliphatic carbocycles. The maximum absolute atomic E-state index is 13.1. The summed E-state index contributed by atoms with van der Waals surface area (Å²) in [6.45, 7) is 0.807. The molecule has 0 aliphatic heterocycles. The van der Waals surface area contributed by atoms with Crippen molar-refractivity contribution in [2.24, 2.45) is 0 Å². The van der Waals surface area contributed by atoms with Crippen molar-refractivity contribution in [3.63, 3.8) is 0 Å². The first-order chi connectivity index (χ1) is 14.0. The first-order valence-corrected chi connectivity index (χ1v) is 9.13. The van der Waals surface area contributed by atoms with Crippen LogP contribution in [0.25, 0.3) is 0 Å². The van der Waals surface area contributed by atoms with E-state index in [-0.39, 0.29) is 16.4 Å². The van der Waals surface area contributed by atoms with Crippen LogP contribution in [0.2, 0.25) is 0 Å². The van der Waals surface area contributed by atoms with Gasteiger partial charge in [-0.15, -0.1) is 0 Å². The predicted octanol–water partition coefficient (Wildman–Crippen LogP) is 3.41. The van der Waals surface area contributed by atoms with Crippen molar-refractivity contribution in [3.05, 3.63) is 52.7 Å². The topological polar surface area (TPSA) is 94.9 Å². The Morgan fingerprint density at radius 1 is 1.17 bits per heavy atom. The fourth-order valence-corrected chi connectivity index (χ4v) is 3.10. The summed E-state index contributed by atoms with van der Waals surface area (Å²) in [5.41, 5.74) is -1.84. The summed E-state index contributed by atoms with van der Waals surface area (Å²) >= 11 is 0.615. The van der Waals surface area contributed by atoms with E-state index >= 15 is 0 Å². The number of amides is 2. The third-order valence-electron chi connectivity index (χ3n) is 3.52. The highest BCUT2D eigenvalue weighted by Crippen LogP contribution is 2.35. The molecule has 0 unspecified atom stereocenters. The number of aryl methyl sites for hydroxylation is 1. The Kier molecular flexibility index (Phi) is 7.33. The molecule has 0 bridgehead atoms. The van der Waals surface area contributed by atoms with Gasteiger partial charge in [-0.1, -0.05) is 11.8 Å². The molecule has 6 nitrogen and oxygen atoms in total. The zero-order valence-electron chi connectivity index (χ0n) is 15.2. The molecule has 0 radical (unpaired) electrons. The molecule has 12 heteroatoms.